The van der Waals surface area contributed by atoms with Crippen LogP contribution in [0.4, 0.5) is 0 Å². The van der Waals surface area contributed by atoms with Crippen LogP contribution in [-0.2, 0) is 0 Å². The Bertz CT molecular complexity index is 2540. The zero-order valence-electron chi connectivity index (χ0n) is 24.9. The van der Waals surface area contributed by atoms with Crippen molar-refractivity contribution in [3.8, 4) is 39.7 Å². The van der Waals surface area contributed by atoms with E-state index in [0.717, 1.165) is 44.7 Å². The van der Waals surface area contributed by atoms with Gasteiger partial charge in [-0.25, -0.2) is 0 Å². The van der Waals surface area contributed by atoms with Gasteiger partial charge in [0.2, 0.25) is 0 Å². The Morgan fingerprint density at radius 1 is 0.391 bits per heavy atom. The average molecular weight is 586 g/mol. The maximum absolute atomic E-state index is 10.4. The normalized spacial score (nSPS) is 11.5. The molecule has 0 N–H and O–H groups in total. The average Bonchev–Trinajstić information content (AvgIpc) is 3.65. The lowest BCUT2D eigenvalue weighted by molar-refractivity contribution is 1.18. The summed E-state index contributed by atoms with van der Waals surface area (Å²) >= 11 is 0. The van der Waals surface area contributed by atoms with Crippen LogP contribution in [0.2, 0.25) is 0 Å². The number of hydrogen-bond donors (Lipinski definition) is 0. The van der Waals surface area contributed by atoms with E-state index < -0.39 is 0 Å². The van der Waals surface area contributed by atoms with Crippen molar-refractivity contribution in [3.05, 3.63) is 169 Å². The van der Waals surface area contributed by atoms with Gasteiger partial charge in [0.1, 0.15) is 0 Å². The molecule has 214 valence electrons. The first-order valence-electron chi connectivity index (χ1n) is 15.5. The van der Waals surface area contributed by atoms with Gasteiger partial charge >= 0.3 is 0 Å². The largest absolute Gasteiger partial charge is 0.309 e. The number of para-hydroxylation sites is 5. The zero-order chi connectivity index (χ0) is 30.6. The minimum Gasteiger partial charge on any atom is -0.309 e. The lowest BCUT2D eigenvalue weighted by Gasteiger charge is -2.15. The van der Waals surface area contributed by atoms with E-state index in [9.17, 15) is 5.26 Å². The second-order valence-electron chi connectivity index (χ2n) is 11.7. The highest BCUT2D eigenvalue weighted by atomic mass is 15.0. The van der Waals surface area contributed by atoms with Gasteiger partial charge in [0, 0.05) is 32.8 Å². The fourth-order valence-corrected chi connectivity index (χ4v) is 7.14. The van der Waals surface area contributed by atoms with E-state index in [1.807, 2.05) is 6.07 Å². The van der Waals surface area contributed by atoms with Crippen molar-refractivity contribution in [1.82, 2.24) is 9.13 Å². The molecule has 2 heterocycles. The number of nitriles is 1. The van der Waals surface area contributed by atoms with Crippen LogP contribution < -0.4 is 0 Å². The summed E-state index contributed by atoms with van der Waals surface area (Å²) in [6, 6.07) is 60.0. The van der Waals surface area contributed by atoms with E-state index in [1.165, 1.54) is 32.6 Å². The first-order valence-corrected chi connectivity index (χ1v) is 15.5. The summed E-state index contributed by atoms with van der Waals surface area (Å²) in [6.07, 6.45) is 0. The Hall–Kier alpha value is -6.37. The standard InChI is InChI=1S/C43H27N3/c44-28-31-27-30(34-11-1-6-16-39(34)46-42-19-9-4-14-37(42)38-15-5-10-20-43(38)46)23-26-33(31)29-21-24-32(25-22-29)45-40-17-7-2-12-35(40)36-13-3-8-18-41(36)45/h1-27H. The van der Waals surface area contributed by atoms with E-state index in [-0.39, 0.29) is 0 Å². The smallest absolute Gasteiger partial charge is 0.0998 e. The fourth-order valence-electron chi connectivity index (χ4n) is 7.14. The highest BCUT2D eigenvalue weighted by Gasteiger charge is 2.17. The van der Waals surface area contributed by atoms with E-state index >= 15 is 0 Å². The van der Waals surface area contributed by atoms with Gasteiger partial charge in [0.25, 0.3) is 0 Å². The molecule has 0 saturated carbocycles. The maximum atomic E-state index is 10.4. The fraction of sp³-hybridized carbons (Fsp3) is 0. The zero-order valence-corrected chi connectivity index (χ0v) is 24.9. The van der Waals surface area contributed by atoms with Crippen LogP contribution in [0.15, 0.2) is 164 Å². The van der Waals surface area contributed by atoms with Crippen molar-refractivity contribution in [2.45, 2.75) is 0 Å². The molecule has 2 aromatic heterocycles. The SMILES string of the molecule is N#Cc1cc(-c2ccccc2-n2c3ccccc3c3ccccc32)ccc1-c1ccc(-n2c3ccccc3c3ccccc32)cc1. The van der Waals surface area contributed by atoms with Gasteiger partial charge in [-0.15, -0.1) is 0 Å². The monoisotopic (exact) mass is 585 g/mol. The molecule has 0 amide bonds. The van der Waals surface area contributed by atoms with Gasteiger partial charge in [0.15, 0.2) is 0 Å². The Morgan fingerprint density at radius 2 is 0.848 bits per heavy atom. The van der Waals surface area contributed by atoms with Crippen LogP contribution in [0.5, 0.6) is 0 Å². The molecule has 0 bridgehead atoms. The minimum absolute atomic E-state index is 0.652. The summed E-state index contributed by atoms with van der Waals surface area (Å²) in [7, 11) is 0. The summed E-state index contributed by atoms with van der Waals surface area (Å²) < 4.78 is 4.65. The number of benzene rings is 7. The third-order valence-corrected chi connectivity index (χ3v) is 9.19. The lowest BCUT2D eigenvalue weighted by atomic mass is 9.94. The minimum atomic E-state index is 0.652. The Kier molecular flexibility index (Phi) is 5.88. The third kappa shape index (κ3) is 3.91. The molecule has 0 aliphatic heterocycles. The number of nitrogens with zero attached hydrogens (tertiary/aromatic N) is 3. The van der Waals surface area contributed by atoms with Gasteiger partial charge in [-0.05, 0) is 65.2 Å². The Labute approximate surface area is 266 Å². The van der Waals surface area contributed by atoms with Gasteiger partial charge in [-0.2, -0.15) is 5.26 Å². The molecule has 7 aromatic carbocycles. The van der Waals surface area contributed by atoms with E-state index in [2.05, 4.69) is 173 Å². The molecular weight excluding hydrogens is 558 g/mol. The van der Waals surface area contributed by atoms with E-state index in [4.69, 9.17) is 0 Å². The topological polar surface area (TPSA) is 33.6 Å². The van der Waals surface area contributed by atoms with Crippen molar-refractivity contribution < 1.29 is 0 Å². The molecule has 46 heavy (non-hydrogen) atoms. The van der Waals surface area contributed by atoms with Gasteiger partial charge < -0.3 is 9.13 Å². The third-order valence-electron chi connectivity index (χ3n) is 9.19. The highest BCUT2D eigenvalue weighted by Crippen LogP contribution is 2.38. The highest BCUT2D eigenvalue weighted by molar-refractivity contribution is 6.10. The molecule has 3 nitrogen and oxygen atoms in total. The van der Waals surface area contributed by atoms with Crippen LogP contribution in [-0.4, -0.2) is 9.13 Å². The molecule has 0 radical (unpaired) electrons. The second kappa shape index (κ2) is 10.4. The maximum Gasteiger partial charge on any atom is 0.0998 e. The molecule has 0 fully saturated rings. The van der Waals surface area contributed by atoms with Gasteiger partial charge in [-0.1, -0.05) is 115 Å². The Morgan fingerprint density at radius 3 is 1.39 bits per heavy atom. The summed E-state index contributed by atoms with van der Waals surface area (Å²) in [4.78, 5) is 0. The second-order valence-corrected chi connectivity index (χ2v) is 11.7. The first-order chi connectivity index (χ1) is 22.8. The lowest BCUT2D eigenvalue weighted by Crippen LogP contribution is -1.97. The van der Waals surface area contributed by atoms with Crippen LogP contribution in [0.3, 0.4) is 0 Å². The van der Waals surface area contributed by atoms with Crippen molar-refractivity contribution in [2.24, 2.45) is 0 Å². The van der Waals surface area contributed by atoms with Crippen LogP contribution in [0, 0.1) is 11.3 Å². The number of fused-ring (bicyclic) bond motifs is 6. The van der Waals surface area contributed by atoms with Crippen molar-refractivity contribution >= 4 is 43.6 Å². The molecule has 9 aromatic rings. The molecule has 0 saturated heterocycles. The first kappa shape index (κ1) is 26.1. The summed E-state index contributed by atoms with van der Waals surface area (Å²) in [6.45, 7) is 0. The molecule has 0 aliphatic rings. The van der Waals surface area contributed by atoms with Crippen molar-refractivity contribution in [2.75, 3.05) is 0 Å². The molecule has 0 aliphatic carbocycles. The van der Waals surface area contributed by atoms with Crippen LogP contribution in [0.1, 0.15) is 5.56 Å². The summed E-state index contributed by atoms with van der Waals surface area (Å²) in [5.41, 5.74) is 11.6. The Balaban J connectivity index is 1.14. The predicted octanol–water partition coefficient (Wildman–Crippen LogP) is 11.1. The number of aromatic nitrogens is 2. The molecule has 0 unspecified atom stereocenters. The van der Waals surface area contributed by atoms with Crippen molar-refractivity contribution in [3.63, 3.8) is 0 Å². The molecule has 0 atom stereocenters. The van der Waals surface area contributed by atoms with Crippen LogP contribution in [0.25, 0.3) is 77.2 Å². The quantitative estimate of drug-likeness (QED) is 0.202. The number of hydrogen-bond acceptors (Lipinski definition) is 1. The van der Waals surface area contributed by atoms with Gasteiger partial charge in [0.05, 0.1) is 39.4 Å². The number of rotatable bonds is 4. The molecule has 0 spiro atoms. The van der Waals surface area contributed by atoms with Gasteiger partial charge in [-0.3, -0.25) is 0 Å². The summed E-state index contributed by atoms with van der Waals surface area (Å²) in [5.74, 6) is 0. The molecular formula is C43H27N3. The summed E-state index contributed by atoms with van der Waals surface area (Å²) in [5, 5.41) is 15.3. The van der Waals surface area contributed by atoms with E-state index in [0.29, 0.717) is 5.56 Å². The van der Waals surface area contributed by atoms with Crippen molar-refractivity contribution in [1.29, 1.82) is 5.26 Å². The van der Waals surface area contributed by atoms with Crippen LogP contribution >= 0.6 is 0 Å². The van der Waals surface area contributed by atoms with E-state index in [1.54, 1.807) is 0 Å². The molecule has 3 heteroatoms. The molecule has 9 rings (SSSR count). The predicted molar refractivity (Wildman–Crippen MR) is 191 cm³/mol.